The van der Waals surface area contributed by atoms with Crippen molar-refractivity contribution in [3.63, 3.8) is 0 Å². The van der Waals surface area contributed by atoms with Crippen molar-refractivity contribution >= 4 is 43.6 Å². The number of aromatic nitrogens is 2. The van der Waals surface area contributed by atoms with E-state index in [0.717, 1.165) is 0 Å². The van der Waals surface area contributed by atoms with Crippen molar-refractivity contribution < 1.29 is 0 Å². The minimum Gasteiger partial charge on any atom is -0.344 e. The summed E-state index contributed by atoms with van der Waals surface area (Å²) in [6.07, 6.45) is 0. The first-order valence-corrected chi connectivity index (χ1v) is 11.4. The first-order chi connectivity index (χ1) is 16.3. The summed E-state index contributed by atoms with van der Waals surface area (Å²) >= 11 is 0. The highest BCUT2D eigenvalue weighted by Crippen LogP contribution is 2.36. The Labute approximate surface area is 191 Å². The molecule has 2 heterocycles. The molecule has 7 rings (SSSR count). The summed E-state index contributed by atoms with van der Waals surface area (Å²) in [5, 5.41) is 5.15. The van der Waals surface area contributed by atoms with Gasteiger partial charge in [0.15, 0.2) is 0 Å². The van der Waals surface area contributed by atoms with Gasteiger partial charge in [0.05, 0.1) is 11.0 Å². The van der Waals surface area contributed by atoms with Gasteiger partial charge in [-0.25, -0.2) is 0 Å². The van der Waals surface area contributed by atoms with Crippen LogP contribution in [0.3, 0.4) is 0 Å². The van der Waals surface area contributed by atoms with Crippen LogP contribution in [0, 0.1) is 0 Å². The number of benzene rings is 5. The van der Waals surface area contributed by atoms with E-state index in [9.17, 15) is 0 Å². The molecule has 0 aliphatic carbocycles. The average molecular weight is 423 g/mol. The molecular weight excluding hydrogens is 400 g/mol. The Bertz CT molecular complexity index is 1820. The molecule has 0 amide bonds. The Kier molecular flexibility index (Phi) is 3.80. The molecule has 0 bridgehead atoms. The van der Waals surface area contributed by atoms with Crippen LogP contribution >= 0.6 is 0 Å². The number of rotatable bonds is 2. The van der Waals surface area contributed by atoms with Crippen LogP contribution < -0.4 is 0 Å². The third-order valence-corrected chi connectivity index (χ3v) is 6.93. The molecule has 0 fully saturated rings. The zero-order chi connectivity index (χ0) is 21.9. The molecule has 2 aromatic heterocycles. The fraction of sp³-hybridized carbons (Fsp3) is 0.0323. The smallest absolute Gasteiger partial charge is 0.0541 e. The van der Waals surface area contributed by atoms with Crippen molar-refractivity contribution in [3.05, 3.63) is 115 Å². The summed E-state index contributed by atoms with van der Waals surface area (Å²) in [6.45, 7) is 0. The highest BCUT2D eigenvalue weighted by atomic mass is 15.0. The lowest BCUT2D eigenvalue weighted by Crippen LogP contribution is -1.94. The van der Waals surface area contributed by atoms with E-state index in [1.807, 2.05) is 0 Å². The van der Waals surface area contributed by atoms with Gasteiger partial charge in [-0.1, -0.05) is 72.8 Å². The molecule has 0 spiro atoms. The van der Waals surface area contributed by atoms with Crippen molar-refractivity contribution in [1.82, 2.24) is 9.13 Å². The summed E-state index contributed by atoms with van der Waals surface area (Å²) < 4.78 is 4.69. The predicted octanol–water partition coefficient (Wildman–Crippen LogP) is 8.10. The minimum absolute atomic E-state index is 1.19. The summed E-state index contributed by atoms with van der Waals surface area (Å²) in [6, 6.07) is 41.7. The van der Waals surface area contributed by atoms with E-state index in [2.05, 4.69) is 131 Å². The second-order valence-electron chi connectivity index (χ2n) is 8.73. The van der Waals surface area contributed by atoms with Crippen molar-refractivity contribution in [2.45, 2.75) is 0 Å². The summed E-state index contributed by atoms with van der Waals surface area (Å²) in [5.41, 5.74) is 8.67. The van der Waals surface area contributed by atoms with E-state index in [0.29, 0.717) is 0 Å². The Balaban J connectivity index is 1.54. The Morgan fingerprint density at radius 3 is 1.82 bits per heavy atom. The highest BCUT2D eigenvalue weighted by Gasteiger charge is 2.15. The number of hydrogen-bond acceptors (Lipinski definition) is 0. The molecule has 33 heavy (non-hydrogen) atoms. The van der Waals surface area contributed by atoms with Gasteiger partial charge in [0, 0.05) is 45.3 Å². The Morgan fingerprint density at radius 1 is 0.424 bits per heavy atom. The van der Waals surface area contributed by atoms with Crippen LogP contribution in [0.25, 0.3) is 60.4 Å². The van der Waals surface area contributed by atoms with Crippen LogP contribution in [0.15, 0.2) is 115 Å². The lowest BCUT2D eigenvalue weighted by molar-refractivity contribution is 1.01. The van der Waals surface area contributed by atoms with Gasteiger partial charge in [-0.2, -0.15) is 0 Å². The molecule has 0 radical (unpaired) electrons. The van der Waals surface area contributed by atoms with Crippen LogP contribution in [0.1, 0.15) is 0 Å². The van der Waals surface area contributed by atoms with E-state index in [4.69, 9.17) is 0 Å². The molecule has 2 heteroatoms. The van der Waals surface area contributed by atoms with Gasteiger partial charge in [0.25, 0.3) is 0 Å². The molecule has 5 aromatic carbocycles. The molecule has 0 saturated carbocycles. The van der Waals surface area contributed by atoms with E-state index in [1.165, 1.54) is 60.4 Å². The summed E-state index contributed by atoms with van der Waals surface area (Å²) in [7, 11) is 2.15. The maximum atomic E-state index is 2.40. The zero-order valence-electron chi connectivity index (χ0n) is 18.4. The lowest BCUT2D eigenvalue weighted by Gasteiger charge is -2.09. The van der Waals surface area contributed by atoms with Gasteiger partial charge in [-0.3, -0.25) is 0 Å². The maximum Gasteiger partial charge on any atom is 0.0541 e. The first kappa shape index (κ1) is 18.3. The Morgan fingerprint density at radius 2 is 1.00 bits per heavy atom. The molecular formula is C31H22N2. The molecule has 156 valence electrons. The highest BCUT2D eigenvalue weighted by molar-refractivity contribution is 6.12. The first-order valence-electron chi connectivity index (χ1n) is 11.4. The normalized spacial score (nSPS) is 11.8. The summed E-state index contributed by atoms with van der Waals surface area (Å²) in [4.78, 5) is 0. The molecule has 7 aromatic rings. The van der Waals surface area contributed by atoms with Crippen LogP contribution in [-0.4, -0.2) is 9.13 Å². The van der Waals surface area contributed by atoms with Gasteiger partial charge in [0.2, 0.25) is 0 Å². The zero-order valence-corrected chi connectivity index (χ0v) is 18.4. The van der Waals surface area contributed by atoms with Crippen molar-refractivity contribution in [1.29, 1.82) is 0 Å². The van der Waals surface area contributed by atoms with Gasteiger partial charge in [0.1, 0.15) is 0 Å². The number of fused-ring (bicyclic) bond motifs is 6. The number of para-hydroxylation sites is 2. The molecule has 0 N–H and O–H groups in total. The molecule has 0 aliphatic rings. The van der Waals surface area contributed by atoms with Gasteiger partial charge < -0.3 is 9.13 Å². The van der Waals surface area contributed by atoms with E-state index in [-0.39, 0.29) is 0 Å². The predicted molar refractivity (Wildman–Crippen MR) is 140 cm³/mol. The number of aryl methyl sites for hydroxylation is 1. The largest absolute Gasteiger partial charge is 0.344 e. The second kappa shape index (κ2) is 6.85. The minimum atomic E-state index is 1.19. The maximum absolute atomic E-state index is 2.40. The molecule has 0 unspecified atom stereocenters. The summed E-state index contributed by atoms with van der Waals surface area (Å²) in [5.74, 6) is 0. The molecule has 0 aliphatic heterocycles. The standard InChI is InChI=1S/C31H22N2/c1-32-28-13-7-5-11-24(28)27-20-23(16-18-29(27)32)33-30-14-8-6-12-25(30)26-19-22(15-17-31(26)33)21-9-3-2-4-10-21/h2-20H,1H3. The van der Waals surface area contributed by atoms with Crippen molar-refractivity contribution in [2.75, 3.05) is 0 Å². The SMILES string of the molecule is Cn1c2ccccc2c2cc(-n3c4ccccc4c4cc(-c5ccccc5)ccc43)ccc21. The third-order valence-electron chi connectivity index (χ3n) is 6.93. The fourth-order valence-electron chi connectivity index (χ4n) is 5.36. The topological polar surface area (TPSA) is 9.86 Å². The van der Waals surface area contributed by atoms with E-state index >= 15 is 0 Å². The van der Waals surface area contributed by atoms with Crippen LogP contribution in [0.4, 0.5) is 0 Å². The average Bonchev–Trinajstić information content (AvgIpc) is 3.36. The lowest BCUT2D eigenvalue weighted by atomic mass is 10.0. The molecule has 0 atom stereocenters. The van der Waals surface area contributed by atoms with Gasteiger partial charge in [-0.05, 0) is 53.6 Å². The van der Waals surface area contributed by atoms with E-state index in [1.54, 1.807) is 0 Å². The quantitative estimate of drug-likeness (QED) is 0.266. The van der Waals surface area contributed by atoms with Gasteiger partial charge in [-0.15, -0.1) is 0 Å². The van der Waals surface area contributed by atoms with Gasteiger partial charge >= 0.3 is 0 Å². The van der Waals surface area contributed by atoms with Crippen molar-refractivity contribution in [2.24, 2.45) is 7.05 Å². The Hall–Kier alpha value is -4.30. The molecule has 0 saturated heterocycles. The third kappa shape index (κ3) is 2.61. The second-order valence-corrected chi connectivity index (χ2v) is 8.73. The number of nitrogens with zero attached hydrogens (tertiary/aromatic N) is 2. The number of hydrogen-bond donors (Lipinski definition) is 0. The van der Waals surface area contributed by atoms with E-state index < -0.39 is 0 Å². The van der Waals surface area contributed by atoms with Crippen LogP contribution in [-0.2, 0) is 7.05 Å². The van der Waals surface area contributed by atoms with Crippen LogP contribution in [0.5, 0.6) is 0 Å². The fourth-order valence-corrected chi connectivity index (χ4v) is 5.36. The van der Waals surface area contributed by atoms with Crippen LogP contribution in [0.2, 0.25) is 0 Å². The monoisotopic (exact) mass is 422 g/mol. The molecule has 2 nitrogen and oxygen atoms in total. The van der Waals surface area contributed by atoms with Crippen molar-refractivity contribution in [3.8, 4) is 16.8 Å².